The van der Waals surface area contributed by atoms with Crippen molar-refractivity contribution in [2.24, 2.45) is 0 Å². The zero-order valence-corrected chi connectivity index (χ0v) is 9.77. The minimum atomic E-state index is -0.281. The van der Waals surface area contributed by atoms with Gasteiger partial charge in [0.25, 0.3) is 5.91 Å². The van der Waals surface area contributed by atoms with Crippen molar-refractivity contribution in [3.63, 3.8) is 0 Å². The van der Waals surface area contributed by atoms with Crippen molar-refractivity contribution < 1.29 is 9.21 Å². The van der Waals surface area contributed by atoms with Crippen molar-refractivity contribution in [1.82, 2.24) is 15.3 Å². The Balaban J connectivity index is 1.95. The molecule has 0 bridgehead atoms. The minimum Gasteiger partial charge on any atom is -0.467 e. The maximum Gasteiger partial charge on any atom is 0.271 e. The number of carbonyl (C=O) groups is 1. The lowest BCUT2D eigenvalue weighted by molar-refractivity contribution is 0.0942. The molecule has 1 amide bonds. The molecule has 0 atom stereocenters. The fraction of sp³-hybridized carbons (Fsp3) is 0.100. The summed E-state index contributed by atoms with van der Waals surface area (Å²) in [7, 11) is 0. The van der Waals surface area contributed by atoms with Crippen LogP contribution in [-0.2, 0) is 6.54 Å². The molecule has 82 valence electrons. The summed E-state index contributed by atoms with van der Waals surface area (Å²) in [5.41, 5.74) is 0.273. The van der Waals surface area contributed by atoms with Crippen LogP contribution in [0.25, 0.3) is 0 Å². The van der Waals surface area contributed by atoms with Gasteiger partial charge in [0.15, 0.2) is 0 Å². The topological polar surface area (TPSA) is 68.0 Å². The normalized spacial score (nSPS) is 10.1. The third-order valence-corrected chi connectivity index (χ3v) is 2.27. The van der Waals surface area contributed by atoms with E-state index >= 15 is 0 Å². The Hall–Kier alpha value is -1.69. The molecule has 0 saturated heterocycles. The van der Waals surface area contributed by atoms with E-state index in [1.165, 1.54) is 12.4 Å². The van der Waals surface area contributed by atoms with Crippen LogP contribution in [0.5, 0.6) is 0 Å². The molecule has 2 aromatic rings. The summed E-state index contributed by atoms with van der Waals surface area (Å²) in [6, 6.07) is 3.55. The number of aromatic nitrogens is 2. The van der Waals surface area contributed by atoms with Gasteiger partial charge >= 0.3 is 0 Å². The number of nitrogens with zero attached hydrogens (tertiary/aromatic N) is 2. The fourth-order valence-electron chi connectivity index (χ4n) is 1.10. The van der Waals surface area contributed by atoms with E-state index in [2.05, 4.69) is 31.2 Å². The van der Waals surface area contributed by atoms with Crippen LogP contribution >= 0.6 is 15.9 Å². The zero-order valence-electron chi connectivity index (χ0n) is 8.18. The van der Waals surface area contributed by atoms with Gasteiger partial charge in [-0.3, -0.25) is 4.79 Å². The Kier molecular flexibility index (Phi) is 3.31. The van der Waals surface area contributed by atoms with E-state index in [0.29, 0.717) is 16.9 Å². The molecule has 0 aliphatic rings. The highest BCUT2D eigenvalue weighted by atomic mass is 79.9. The average molecular weight is 282 g/mol. The maximum absolute atomic E-state index is 11.6. The largest absolute Gasteiger partial charge is 0.467 e. The van der Waals surface area contributed by atoms with E-state index in [9.17, 15) is 4.79 Å². The van der Waals surface area contributed by atoms with Crippen LogP contribution in [-0.4, -0.2) is 15.9 Å². The van der Waals surface area contributed by atoms with Gasteiger partial charge in [0.1, 0.15) is 16.1 Å². The molecule has 5 nitrogen and oxygen atoms in total. The molecule has 0 radical (unpaired) electrons. The van der Waals surface area contributed by atoms with E-state index in [1.807, 2.05) is 0 Å². The second-order valence-corrected chi connectivity index (χ2v) is 3.80. The van der Waals surface area contributed by atoms with Gasteiger partial charge in [-0.1, -0.05) is 0 Å². The van der Waals surface area contributed by atoms with Gasteiger partial charge in [0.2, 0.25) is 0 Å². The summed E-state index contributed by atoms with van der Waals surface area (Å²) in [4.78, 5) is 19.4. The Morgan fingerprint density at radius 3 is 2.94 bits per heavy atom. The Morgan fingerprint density at radius 1 is 1.44 bits per heavy atom. The Bertz CT molecular complexity index is 467. The number of hydrogen-bond acceptors (Lipinski definition) is 4. The maximum atomic E-state index is 11.6. The predicted molar refractivity (Wildman–Crippen MR) is 59.6 cm³/mol. The third kappa shape index (κ3) is 2.66. The van der Waals surface area contributed by atoms with Crippen LogP contribution in [0.15, 0.2) is 39.8 Å². The monoisotopic (exact) mass is 281 g/mol. The van der Waals surface area contributed by atoms with Crippen LogP contribution in [0.3, 0.4) is 0 Å². The number of amides is 1. The summed E-state index contributed by atoms with van der Waals surface area (Å²) in [5, 5.41) is 2.67. The van der Waals surface area contributed by atoms with E-state index in [-0.39, 0.29) is 11.6 Å². The molecule has 0 saturated carbocycles. The molecule has 16 heavy (non-hydrogen) atoms. The van der Waals surface area contributed by atoms with Gasteiger partial charge in [-0.15, -0.1) is 0 Å². The summed E-state index contributed by atoms with van der Waals surface area (Å²) in [5.74, 6) is 0.412. The Morgan fingerprint density at radius 2 is 2.31 bits per heavy atom. The first kappa shape index (κ1) is 10.8. The lowest BCUT2D eigenvalue weighted by Crippen LogP contribution is -2.23. The van der Waals surface area contributed by atoms with E-state index in [1.54, 1.807) is 18.4 Å². The lowest BCUT2D eigenvalue weighted by Gasteiger charge is -2.01. The summed E-state index contributed by atoms with van der Waals surface area (Å²) in [6.45, 7) is 0.337. The second kappa shape index (κ2) is 4.89. The summed E-state index contributed by atoms with van der Waals surface area (Å²) < 4.78 is 5.67. The first-order chi connectivity index (χ1) is 7.75. The van der Waals surface area contributed by atoms with Gasteiger partial charge in [-0.05, 0) is 28.1 Å². The van der Waals surface area contributed by atoms with Crippen molar-refractivity contribution in [2.45, 2.75) is 6.54 Å². The molecular formula is C10H8BrN3O2. The number of nitrogens with one attached hydrogen (secondary N) is 1. The second-order valence-electron chi connectivity index (χ2n) is 2.99. The van der Waals surface area contributed by atoms with Gasteiger partial charge < -0.3 is 9.73 Å². The summed E-state index contributed by atoms with van der Waals surface area (Å²) in [6.07, 6.45) is 4.43. The molecule has 6 heteroatoms. The average Bonchev–Trinajstić information content (AvgIpc) is 2.80. The molecule has 2 aromatic heterocycles. The molecule has 0 fully saturated rings. The zero-order chi connectivity index (χ0) is 11.4. The SMILES string of the molecule is O=C(NCc1ccco1)c1cnc(Br)cn1. The number of halogens is 1. The van der Waals surface area contributed by atoms with Gasteiger partial charge in [0.05, 0.1) is 25.2 Å². The first-order valence-electron chi connectivity index (χ1n) is 4.54. The quantitative estimate of drug-likeness (QED) is 0.931. The van der Waals surface area contributed by atoms with Crippen LogP contribution in [0.1, 0.15) is 16.2 Å². The van der Waals surface area contributed by atoms with Crippen molar-refractivity contribution in [3.05, 3.63) is 46.8 Å². The minimum absolute atomic E-state index is 0.273. The predicted octanol–water partition coefficient (Wildman–Crippen LogP) is 1.76. The highest BCUT2D eigenvalue weighted by molar-refractivity contribution is 9.10. The number of furan rings is 1. The smallest absolute Gasteiger partial charge is 0.271 e. The molecule has 0 spiro atoms. The highest BCUT2D eigenvalue weighted by Gasteiger charge is 2.07. The van der Waals surface area contributed by atoms with Crippen LogP contribution < -0.4 is 5.32 Å². The fourth-order valence-corrected chi connectivity index (χ4v) is 1.31. The Labute approximate surface area is 100 Å². The van der Waals surface area contributed by atoms with Crippen molar-refractivity contribution in [2.75, 3.05) is 0 Å². The van der Waals surface area contributed by atoms with Crippen molar-refractivity contribution >= 4 is 21.8 Å². The van der Waals surface area contributed by atoms with Crippen LogP contribution in [0, 0.1) is 0 Å². The van der Waals surface area contributed by atoms with E-state index in [4.69, 9.17) is 4.42 Å². The molecular weight excluding hydrogens is 274 g/mol. The molecule has 0 unspecified atom stereocenters. The van der Waals surface area contributed by atoms with Crippen molar-refractivity contribution in [1.29, 1.82) is 0 Å². The molecule has 1 N–H and O–H groups in total. The molecule has 0 aromatic carbocycles. The van der Waals surface area contributed by atoms with E-state index in [0.717, 1.165) is 0 Å². The molecule has 0 aliphatic heterocycles. The van der Waals surface area contributed by atoms with E-state index < -0.39 is 0 Å². The molecule has 0 aliphatic carbocycles. The van der Waals surface area contributed by atoms with Crippen molar-refractivity contribution in [3.8, 4) is 0 Å². The van der Waals surface area contributed by atoms with Gasteiger partial charge in [0, 0.05) is 0 Å². The third-order valence-electron chi connectivity index (χ3n) is 1.86. The first-order valence-corrected chi connectivity index (χ1v) is 5.33. The highest BCUT2D eigenvalue weighted by Crippen LogP contribution is 2.03. The standard InChI is InChI=1S/C10H8BrN3O2/c11-9-6-12-8(5-13-9)10(15)14-4-7-2-1-3-16-7/h1-3,5-6H,4H2,(H,14,15). The molecule has 2 heterocycles. The summed E-state index contributed by atoms with van der Waals surface area (Å²) >= 11 is 3.14. The number of rotatable bonds is 3. The lowest BCUT2D eigenvalue weighted by atomic mass is 10.4. The van der Waals surface area contributed by atoms with Gasteiger partial charge in [-0.2, -0.15) is 0 Å². The van der Waals surface area contributed by atoms with Crippen LogP contribution in [0.4, 0.5) is 0 Å². The van der Waals surface area contributed by atoms with Crippen LogP contribution in [0.2, 0.25) is 0 Å². The van der Waals surface area contributed by atoms with Gasteiger partial charge in [-0.25, -0.2) is 9.97 Å². The molecule has 2 rings (SSSR count). The number of hydrogen-bond donors (Lipinski definition) is 1. The number of carbonyl (C=O) groups excluding carboxylic acids is 1.